The monoisotopic (exact) mass is 1180 g/mol. The molecule has 0 spiro atoms. The van der Waals surface area contributed by atoms with E-state index < -0.39 is 11.6 Å². The maximum atomic E-state index is 15.3. The molecule has 0 saturated carbocycles. The minimum Gasteiger partial charge on any atom is -0.509 e. The summed E-state index contributed by atoms with van der Waals surface area (Å²) >= 11 is 0. The predicted molar refractivity (Wildman–Crippen MR) is 306 cm³/mol. The number of nitrogens with zero attached hydrogens (tertiary/aromatic N) is 4. The molecule has 0 atom stereocenters. The third-order valence-corrected chi connectivity index (χ3v) is 14.5. The van der Waals surface area contributed by atoms with Gasteiger partial charge in [-0.3, -0.25) is 0 Å². The molecule has 0 N–H and O–H groups in total. The van der Waals surface area contributed by atoms with Crippen LogP contribution < -0.4 is 14.5 Å². The van der Waals surface area contributed by atoms with Crippen molar-refractivity contribution in [3.05, 3.63) is 223 Å². The summed E-state index contributed by atoms with van der Waals surface area (Å²) in [6, 6.07) is 61.8. The van der Waals surface area contributed by atoms with E-state index in [0.717, 1.165) is 78.7 Å². The summed E-state index contributed by atoms with van der Waals surface area (Å²) < 4.78 is 39.8. The fourth-order valence-corrected chi connectivity index (χ4v) is 10.5. The molecule has 0 amide bonds. The number of rotatable bonds is 10. The van der Waals surface area contributed by atoms with Gasteiger partial charge in [0.15, 0.2) is 0 Å². The maximum Gasteiger partial charge on any atom is 0.135 e. The van der Waals surface area contributed by atoms with Crippen molar-refractivity contribution < 1.29 is 34.6 Å². The zero-order valence-electron chi connectivity index (χ0n) is 44.7. The van der Waals surface area contributed by atoms with Gasteiger partial charge in [-0.15, -0.1) is 53.6 Å². The second kappa shape index (κ2) is 20.3. The van der Waals surface area contributed by atoms with Crippen molar-refractivity contribution in [2.45, 2.75) is 91.9 Å². The van der Waals surface area contributed by atoms with Crippen LogP contribution in [0.3, 0.4) is 0 Å². The Morgan fingerprint density at radius 1 is 0.539 bits per heavy atom. The summed E-state index contributed by atoms with van der Waals surface area (Å²) in [4.78, 5) is 9.21. The predicted octanol–water partition coefficient (Wildman–Crippen LogP) is 19.1. The second-order valence-electron chi connectivity index (χ2n) is 22.5. The quantitative estimate of drug-likeness (QED) is 0.128. The molecule has 1 aliphatic heterocycles. The van der Waals surface area contributed by atoms with Gasteiger partial charge in [0.05, 0.1) is 0 Å². The van der Waals surface area contributed by atoms with Crippen LogP contribution in [0.5, 0.6) is 11.5 Å². The number of fused-ring (bicyclic) bond motifs is 4. The molecular weight excluding hydrogens is 1120 g/mol. The number of benzene rings is 8. The van der Waals surface area contributed by atoms with Crippen molar-refractivity contribution in [2.75, 3.05) is 9.80 Å². The van der Waals surface area contributed by atoms with E-state index in [4.69, 9.17) is 9.72 Å². The van der Waals surface area contributed by atoms with Crippen molar-refractivity contribution >= 4 is 44.6 Å². The number of anilines is 4. The molecule has 0 radical (unpaired) electrons. The first-order chi connectivity index (χ1) is 35.9. The van der Waals surface area contributed by atoms with Gasteiger partial charge in [-0.1, -0.05) is 166 Å². The number of para-hydroxylation sites is 4. The molecule has 386 valence electrons. The van der Waals surface area contributed by atoms with E-state index in [1.807, 2.05) is 36.5 Å². The molecule has 8 heteroatoms. The summed E-state index contributed by atoms with van der Waals surface area (Å²) in [5.41, 5.74) is 14.9. The smallest absolute Gasteiger partial charge is 0.135 e. The fraction of sp³-hybridized carbons (Fsp3) is 0.206. The summed E-state index contributed by atoms with van der Waals surface area (Å²) in [5.74, 6) is 1.11. The van der Waals surface area contributed by atoms with Gasteiger partial charge in [-0.05, 0) is 109 Å². The van der Waals surface area contributed by atoms with Crippen LogP contribution in [0.25, 0.3) is 61.0 Å². The SMILES string of the molecule is CC(C)c1cc(-c2cccc(-c3cc(F)cc(F)c3)c2N2[CH-]N(c3[c-]c(Oc4[c-]c5c(cc4)c4ccccc4n5-c4cc(C(C)(C)C)ccn4)cc(-c4ccccc4C(C)(C)C)c3)c3ccccc32)cc(C(C)C)c1.[Pt]. The molecule has 76 heavy (non-hydrogen) atoms. The van der Waals surface area contributed by atoms with Crippen LogP contribution >= 0.6 is 0 Å². The Labute approximate surface area is 461 Å². The van der Waals surface area contributed by atoms with E-state index >= 15 is 8.78 Å². The molecule has 0 aliphatic carbocycles. The van der Waals surface area contributed by atoms with Gasteiger partial charge in [0.2, 0.25) is 0 Å². The second-order valence-corrected chi connectivity index (χ2v) is 22.5. The van der Waals surface area contributed by atoms with Gasteiger partial charge in [0.25, 0.3) is 0 Å². The largest absolute Gasteiger partial charge is 0.509 e. The molecule has 1 aliphatic rings. The Kier molecular flexibility index (Phi) is 13.9. The average molecular weight is 1180 g/mol. The van der Waals surface area contributed by atoms with Gasteiger partial charge in [0, 0.05) is 78.5 Å². The third-order valence-electron chi connectivity index (χ3n) is 14.5. The third kappa shape index (κ3) is 9.87. The topological polar surface area (TPSA) is 33.5 Å². The zero-order chi connectivity index (χ0) is 52.5. The first-order valence-corrected chi connectivity index (χ1v) is 25.9. The number of ether oxygens (including phenoxy) is 1. The van der Waals surface area contributed by atoms with Crippen LogP contribution in [0, 0.1) is 30.4 Å². The summed E-state index contributed by atoms with van der Waals surface area (Å²) in [6.45, 7) is 24.3. The van der Waals surface area contributed by atoms with Crippen LogP contribution in [0.1, 0.15) is 103 Å². The van der Waals surface area contributed by atoms with Crippen molar-refractivity contribution in [3.8, 4) is 50.7 Å². The number of aromatic nitrogens is 2. The van der Waals surface area contributed by atoms with Crippen LogP contribution in [0.2, 0.25) is 0 Å². The number of hydrogen-bond donors (Lipinski definition) is 0. The van der Waals surface area contributed by atoms with E-state index in [9.17, 15) is 0 Å². The van der Waals surface area contributed by atoms with E-state index in [1.54, 1.807) is 0 Å². The standard InChI is InChI=1S/C68H61F2N4O.Pt/c1-42(2)44-30-45(43(3)4)32-46(31-44)56-20-17-21-57(47-33-50(69)38-51(70)34-47)66(56)73-41-72(62-24-15-16-25-63(62)73)52-35-48(55-18-11-13-22-60(55)68(8,9)10)36-54(39-52)75-53-26-27-59-58-19-12-14-23-61(58)74(64(59)40-53)65-37-49(28-29-71-65)67(5,6)7;/h11-38,41-43H,1-10H3;/q-3;. The van der Waals surface area contributed by atoms with Crippen LogP contribution in [0.4, 0.5) is 31.5 Å². The zero-order valence-corrected chi connectivity index (χ0v) is 46.9. The fourth-order valence-electron chi connectivity index (χ4n) is 10.5. The Bertz CT molecular complexity index is 3780. The summed E-state index contributed by atoms with van der Waals surface area (Å²) in [7, 11) is 0. The normalized spacial score (nSPS) is 12.8. The van der Waals surface area contributed by atoms with E-state index in [0.29, 0.717) is 22.6 Å². The molecule has 0 saturated heterocycles. The van der Waals surface area contributed by atoms with Crippen molar-refractivity contribution in [2.24, 2.45) is 0 Å². The Hall–Kier alpha value is -7.34. The summed E-state index contributed by atoms with van der Waals surface area (Å²) in [5, 5.41) is 2.14. The van der Waals surface area contributed by atoms with E-state index in [2.05, 4.69) is 218 Å². The van der Waals surface area contributed by atoms with E-state index in [-0.39, 0.29) is 43.7 Å². The molecule has 0 bridgehead atoms. The average Bonchev–Trinajstić information content (AvgIpc) is 3.97. The molecule has 3 heterocycles. The minimum atomic E-state index is -0.642. The Morgan fingerprint density at radius 2 is 1.14 bits per heavy atom. The molecule has 5 nitrogen and oxygen atoms in total. The molecule has 0 unspecified atom stereocenters. The molecule has 2 aromatic heterocycles. The molecule has 10 aromatic rings. The number of hydrogen-bond acceptors (Lipinski definition) is 4. The van der Waals surface area contributed by atoms with Crippen LogP contribution in [-0.4, -0.2) is 9.55 Å². The molecule has 0 fully saturated rings. The van der Waals surface area contributed by atoms with Crippen LogP contribution in [0.15, 0.2) is 170 Å². The van der Waals surface area contributed by atoms with Gasteiger partial charge in [-0.2, -0.15) is 6.07 Å². The van der Waals surface area contributed by atoms with Crippen molar-refractivity contribution in [1.29, 1.82) is 0 Å². The minimum absolute atomic E-state index is 0. The van der Waals surface area contributed by atoms with Crippen molar-refractivity contribution in [3.63, 3.8) is 0 Å². The van der Waals surface area contributed by atoms with Gasteiger partial charge in [-0.25, -0.2) is 13.8 Å². The molecular formula is C68H61F2N4OPt-3. The van der Waals surface area contributed by atoms with E-state index in [1.165, 1.54) is 34.4 Å². The first kappa shape index (κ1) is 52.1. The Balaban J connectivity index is 0.00000657. The van der Waals surface area contributed by atoms with Gasteiger partial charge >= 0.3 is 0 Å². The Morgan fingerprint density at radius 3 is 1.82 bits per heavy atom. The van der Waals surface area contributed by atoms with Crippen LogP contribution in [-0.2, 0) is 31.9 Å². The first-order valence-electron chi connectivity index (χ1n) is 25.9. The molecule has 8 aromatic carbocycles. The summed E-state index contributed by atoms with van der Waals surface area (Å²) in [6.07, 6.45) is 1.89. The van der Waals surface area contributed by atoms with Crippen molar-refractivity contribution in [1.82, 2.24) is 9.55 Å². The molecule has 11 rings (SSSR count). The maximum absolute atomic E-state index is 15.3. The number of pyridine rings is 1. The number of halogens is 2. The van der Waals surface area contributed by atoms with Gasteiger partial charge < -0.3 is 19.1 Å². The van der Waals surface area contributed by atoms with Gasteiger partial charge in [0.1, 0.15) is 17.5 Å².